The van der Waals surface area contributed by atoms with Crippen molar-refractivity contribution in [2.24, 2.45) is 5.41 Å². The Morgan fingerprint density at radius 1 is 1.50 bits per heavy atom. The number of phenolic OH excluding ortho intramolecular Hbond substituents is 1. The number of halogens is 1. The van der Waals surface area contributed by atoms with Crippen LogP contribution in [0.25, 0.3) is 0 Å². The number of piperidine rings is 1. The highest BCUT2D eigenvalue weighted by molar-refractivity contribution is 5.85. The van der Waals surface area contributed by atoms with Crippen molar-refractivity contribution in [3.63, 3.8) is 0 Å². The number of hydrogen-bond acceptors (Lipinski definition) is 4. The standard InChI is InChI=1S/C16H24N2O3.ClH/c1-16(7-4-8-17-11-16)15(20)18(2)10-12-5-6-13(19)14(9-12)21-3;/h5-6,9,17,19H,4,7-8,10-11H2,1-3H3;1H. The quantitative estimate of drug-likeness (QED) is 0.889. The molecule has 1 amide bonds. The minimum atomic E-state index is -0.325. The maximum absolute atomic E-state index is 12.7. The molecule has 5 nitrogen and oxygen atoms in total. The van der Waals surface area contributed by atoms with Crippen LogP contribution in [0.5, 0.6) is 11.5 Å². The average molecular weight is 329 g/mol. The molecule has 22 heavy (non-hydrogen) atoms. The predicted molar refractivity (Wildman–Crippen MR) is 88.6 cm³/mol. The normalized spacial score (nSPS) is 20.9. The van der Waals surface area contributed by atoms with E-state index >= 15 is 0 Å². The van der Waals surface area contributed by atoms with E-state index in [1.807, 2.05) is 20.0 Å². The van der Waals surface area contributed by atoms with Crippen molar-refractivity contribution >= 4 is 18.3 Å². The minimum Gasteiger partial charge on any atom is -0.504 e. The van der Waals surface area contributed by atoms with Gasteiger partial charge in [-0.25, -0.2) is 0 Å². The van der Waals surface area contributed by atoms with Gasteiger partial charge in [-0.15, -0.1) is 12.4 Å². The second-order valence-corrected chi connectivity index (χ2v) is 6.01. The Balaban J connectivity index is 0.00000242. The van der Waals surface area contributed by atoms with Crippen molar-refractivity contribution in [3.8, 4) is 11.5 Å². The van der Waals surface area contributed by atoms with E-state index in [0.717, 1.165) is 31.5 Å². The van der Waals surface area contributed by atoms with Gasteiger partial charge in [0.05, 0.1) is 12.5 Å². The van der Waals surface area contributed by atoms with Gasteiger partial charge < -0.3 is 20.1 Å². The molecule has 124 valence electrons. The van der Waals surface area contributed by atoms with Crippen molar-refractivity contribution in [1.29, 1.82) is 0 Å². The number of nitrogens with one attached hydrogen (secondary N) is 1. The highest BCUT2D eigenvalue weighted by Crippen LogP contribution is 2.30. The third kappa shape index (κ3) is 4.05. The van der Waals surface area contributed by atoms with Crippen LogP contribution in [0, 0.1) is 5.41 Å². The zero-order valence-corrected chi connectivity index (χ0v) is 14.2. The Kier molecular flexibility index (Phi) is 6.50. The fourth-order valence-electron chi connectivity index (χ4n) is 2.87. The molecule has 1 aliphatic rings. The summed E-state index contributed by atoms with van der Waals surface area (Å²) in [7, 11) is 3.34. The summed E-state index contributed by atoms with van der Waals surface area (Å²) in [5.74, 6) is 0.694. The van der Waals surface area contributed by atoms with E-state index in [2.05, 4.69) is 5.32 Å². The van der Waals surface area contributed by atoms with Crippen LogP contribution in [-0.4, -0.2) is 43.2 Å². The van der Waals surface area contributed by atoms with Crippen LogP contribution >= 0.6 is 12.4 Å². The first kappa shape index (κ1) is 18.6. The van der Waals surface area contributed by atoms with Gasteiger partial charge in [-0.2, -0.15) is 0 Å². The second-order valence-electron chi connectivity index (χ2n) is 6.01. The highest BCUT2D eigenvalue weighted by atomic mass is 35.5. The second kappa shape index (κ2) is 7.70. The van der Waals surface area contributed by atoms with Crippen LogP contribution in [0.2, 0.25) is 0 Å². The molecule has 1 fully saturated rings. The van der Waals surface area contributed by atoms with Crippen LogP contribution in [0.4, 0.5) is 0 Å². The van der Waals surface area contributed by atoms with E-state index < -0.39 is 0 Å². The van der Waals surface area contributed by atoms with Gasteiger partial charge in [0.2, 0.25) is 5.91 Å². The van der Waals surface area contributed by atoms with E-state index in [-0.39, 0.29) is 29.5 Å². The van der Waals surface area contributed by atoms with Gasteiger partial charge in [-0.1, -0.05) is 6.07 Å². The Morgan fingerprint density at radius 2 is 2.23 bits per heavy atom. The molecule has 0 aromatic heterocycles. The number of carbonyl (C=O) groups is 1. The van der Waals surface area contributed by atoms with Gasteiger partial charge in [0.15, 0.2) is 11.5 Å². The summed E-state index contributed by atoms with van der Waals surface area (Å²) < 4.78 is 5.10. The number of amides is 1. The first-order valence-electron chi connectivity index (χ1n) is 7.28. The lowest BCUT2D eigenvalue weighted by Gasteiger charge is -2.36. The number of benzene rings is 1. The van der Waals surface area contributed by atoms with Gasteiger partial charge in [-0.3, -0.25) is 4.79 Å². The Hall–Kier alpha value is -1.46. The molecule has 0 bridgehead atoms. The topological polar surface area (TPSA) is 61.8 Å². The predicted octanol–water partition coefficient (Wildman–Crippen LogP) is 2.17. The number of methoxy groups -OCH3 is 1. The smallest absolute Gasteiger partial charge is 0.229 e. The molecular weight excluding hydrogens is 304 g/mol. The van der Waals surface area contributed by atoms with Crippen LogP contribution in [-0.2, 0) is 11.3 Å². The van der Waals surface area contributed by atoms with Crippen LogP contribution in [0.3, 0.4) is 0 Å². The molecule has 0 aliphatic carbocycles. The van der Waals surface area contributed by atoms with Gasteiger partial charge >= 0.3 is 0 Å². The van der Waals surface area contributed by atoms with Crippen LogP contribution in [0.15, 0.2) is 18.2 Å². The first-order chi connectivity index (χ1) is 9.96. The maximum Gasteiger partial charge on any atom is 0.229 e. The lowest BCUT2D eigenvalue weighted by Crippen LogP contribution is -2.48. The van der Waals surface area contributed by atoms with Gasteiger partial charge in [-0.05, 0) is 44.0 Å². The van der Waals surface area contributed by atoms with E-state index in [1.165, 1.54) is 7.11 Å². The Labute approximate surface area is 138 Å². The maximum atomic E-state index is 12.7. The molecule has 1 aromatic rings. The molecule has 0 saturated carbocycles. The van der Waals surface area contributed by atoms with Gasteiger partial charge in [0, 0.05) is 20.1 Å². The Bertz CT molecular complexity index is 516. The first-order valence-corrected chi connectivity index (χ1v) is 7.28. The number of carbonyl (C=O) groups excluding carboxylic acids is 1. The summed E-state index contributed by atoms with van der Waals surface area (Å²) in [6, 6.07) is 5.17. The third-order valence-electron chi connectivity index (χ3n) is 4.12. The molecule has 1 aliphatic heterocycles. The van der Waals surface area contributed by atoms with Crippen LogP contribution in [0.1, 0.15) is 25.3 Å². The average Bonchev–Trinajstić information content (AvgIpc) is 2.49. The lowest BCUT2D eigenvalue weighted by atomic mass is 9.81. The number of phenols is 1. The molecule has 2 rings (SSSR count). The van der Waals surface area contributed by atoms with E-state index in [4.69, 9.17) is 4.74 Å². The van der Waals surface area contributed by atoms with Gasteiger partial charge in [0.25, 0.3) is 0 Å². The number of aromatic hydroxyl groups is 1. The minimum absolute atomic E-state index is 0. The zero-order chi connectivity index (χ0) is 15.5. The molecule has 1 aromatic carbocycles. The van der Waals surface area contributed by atoms with Crippen molar-refractivity contribution < 1.29 is 14.6 Å². The van der Waals surface area contributed by atoms with E-state index in [1.54, 1.807) is 17.0 Å². The molecule has 6 heteroatoms. The molecule has 1 saturated heterocycles. The van der Waals surface area contributed by atoms with Crippen molar-refractivity contribution in [2.45, 2.75) is 26.3 Å². The summed E-state index contributed by atoms with van der Waals surface area (Å²) in [4.78, 5) is 14.4. The fraction of sp³-hybridized carbons (Fsp3) is 0.562. The SMILES string of the molecule is COc1cc(CN(C)C(=O)C2(C)CCCNC2)ccc1O.Cl. The molecular formula is C16H25ClN2O3. The van der Waals surface area contributed by atoms with Crippen molar-refractivity contribution in [2.75, 3.05) is 27.2 Å². The highest BCUT2D eigenvalue weighted by Gasteiger charge is 2.36. The summed E-state index contributed by atoms with van der Waals surface area (Å²) in [6.07, 6.45) is 1.95. The molecule has 1 heterocycles. The van der Waals surface area contributed by atoms with Crippen molar-refractivity contribution in [3.05, 3.63) is 23.8 Å². The number of ether oxygens (including phenoxy) is 1. The summed E-state index contributed by atoms with van der Waals surface area (Å²) in [5.41, 5.74) is 0.612. The number of hydrogen-bond donors (Lipinski definition) is 2. The van der Waals surface area contributed by atoms with Gasteiger partial charge in [0.1, 0.15) is 0 Å². The Morgan fingerprint density at radius 3 is 2.82 bits per heavy atom. The van der Waals surface area contributed by atoms with Crippen molar-refractivity contribution in [1.82, 2.24) is 10.2 Å². The summed E-state index contributed by atoms with van der Waals surface area (Å²) >= 11 is 0. The fourth-order valence-corrected chi connectivity index (χ4v) is 2.87. The molecule has 2 N–H and O–H groups in total. The molecule has 1 atom stereocenters. The molecule has 1 unspecified atom stereocenters. The number of nitrogens with zero attached hydrogens (tertiary/aromatic N) is 1. The lowest BCUT2D eigenvalue weighted by molar-refractivity contribution is -0.141. The van der Waals surface area contributed by atoms with Crippen LogP contribution < -0.4 is 10.1 Å². The summed E-state index contributed by atoms with van der Waals surface area (Å²) in [6.45, 7) is 4.25. The molecule has 0 radical (unpaired) electrons. The largest absolute Gasteiger partial charge is 0.504 e. The van der Waals surface area contributed by atoms with E-state index in [0.29, 0.717) is 12.3 Å². The zero-order valence-electron chi connectivity index (χ0n) is 13.4. The number of rotatable bonds is 4. The van der Waals surface area contributed by atoms with E-state index in [9.17, 15) is 9.90 Å². The third-order valence-corrected chi connectivity index (χ3v) is 4.12. The molecule has 0 spiro atoms. The summed E-state index contributed by atoms with van der Waals surface area (Å²) in [5, 5.41) is 12.9. The monoisotopic (exact) mass is 328 g/mol.